The third-order valence-electron chi connectivity index (χ3n) is 6.85. The molecular formula is C24H33N3O6. The zero-order valence-electron chi connectivity index (χ0n) is 18.9. The van der Waals surface area contributed by atoms with Crippen molar-refractivity contribution in [3.63, 3.8) is 0 Å². The van der Waals surface area contributed by atoms with Crippen molar-refractivity contribution in [3.05, 3.63) is 47.0 Å². The molecule has 1 aromatic heterocycles. The summed E-state index contributed by atoms with van der Waals surface area (Å²) in [5.41, 5.74) is 1.97. The standard InChI is InChI=1S/C24H33N3O6/c1-33-24(32)21(16-6-3-2-4-7-16)26-12-10-25(11-13-26)8-5-9-27-22(30)17-14-19(28)20(29)15-18(17)23(27)31/h2-4,6-7,19-21,28-31H,5,8-15H2,1H3. The van der Waals surface area contributed by atoms with Crippen LogP contribution in [0.15, 0.2) is 30.3 Å². The van der Waals surface area contributed by atoms with E-state index in [-0.39, 0.29) is 30.6 Å². The van der Waals surface area contributed by atoms with E-state index in [1.54, 1.807) is 0 Å². The molecule has 3 unspecified atom stereocenters. The molecule has 180 valence electrons. The Morgan fingerprint density at radius 3 is 2.09 bits per heavy atom. The molecule has 4 N–H and O–H groups in total. The second-order valence-electron chi connectivity index (χ2n) is 8.87. The summed E-state index contributed by atoms with van der Waals surface area (Å²) in [6.07, 6.45) is -0.875. The number of hydrogen-bond donors (Lipinski definition) is 4. The summed E-state index contributed by atoms with van der Waals surface area (Å²) >= 11 is 0. The van der Waals surface area contributed by atoms with Crippen LogP contribution in [0, 0.1) is 0 Å². The van der Waals surface area contributed by atoms with Gasteiger partial charge in [-0.25, -0.2) is 4.79 Å². The van der Waals surface area contributed by atoms with Crippen molar-refractivity contribution in [2.24, 2.45) is 0 Å². The van der Waals surface area contributed by atoms with Crippen molar-refractivity contribution < 1.29 is 30.0 Å². The van der Waals surface area contributed by atoms with Gasteiger partial charge in [0.25, 0.3) is 0 Å². The molecule has 0 spiro atoms. The predicted molar refractivity (Wildman–Crippen MR) is 121 cm³/mol. The first-order chi connectivity index (χ1) is 15.9. The van der Waals surface area contributed by atoms with Crippen molar-refractivity contribution in [2.75, 3.05) is 39.8 Å². The maximum atomic E-state index is 12.5. The average Bonchev–Trinajstić information content (AvgIpc) is 3.05. The average molecular weight is 460 g/mol. The number of carbonyl (C=O) groups excluding carboxylic acids is 1. The van der Waals surface area contributed by atoms with Gasteiger partial charge < -0.3 is 30.1 Å². The van der Waals surface area contributed by atoms with Crippen molar-refractivity contribution >= 4 is 5.97 Å². The van der Waals surface area contributed by atoms with Gasteiger partial charge in [-0.05, 0) is 18.5 Å². The van der Waals surface area contributed by atoms with E-state index in [1.807, 2.05) is 30.3 Å². The SMILES string of the molecule is COC(=O)C(c1ccccc1)N1CCN(CCCn2c(O)c3c(c2O)CC(O)C(O)C3)CC1. The molecule has 1 aliphatic carbocycles. The van der Waals surface area contributed by atoms with Crippen LogP contribution >= 0.6 is 0 Å². The number of rotatable bonds is 7. The highest BCUT2D eigenvalue weighted by Crippen LogP contribution is 2.39. The molecule has 2 aromatic rings. The normalized spacial score (nSPS) is 22.6. The Morgan fingerprint density at radius 2 is 1.55 bits per heavy atom. The molecule has 9 heteroatoms. The molecule has 0 bridgehead atoms. The van der Waals surface area contributed by atoms with Crippen LogP contribution in [0.1, 0.15) is 29.2 Å². The van der Waals surface area contributed by atoms with E-state index in [4.69, 9.17) is 4.74 Å². The monoisotopic (exact) mass is 459 g/mol. The fourth-order valence-electron chi connectivity index (χ4n) is 4.97. The summed E-state index contributed by atoms with van der Waals surface area (Å²) in [6.45, 7) is 4.30. The van der Waals surface area contributed by atoms with Crippen molar-refractivity contribution in [2.45, 2.75) is 44.1 Å². The molecule has 3 atom stereocenters. The molecule has 0 radical (unpaired) electrons. The summed E-state index contributed by atoms with van der Waals surface area (Å²) in [4.78, 5) is 16.9. The lowest BCUT2D eigenvalue weighted by molar-refractivity contribution is -0.148. The summed E-state index contributed by atoms with van der Waals surface area (Å²) < 4.78 is 6.52. The van der Waals surface area contributed by atoms with Crippen LogP contribution in [0.4, 0.5) is 0 Å². The maximum absolute atomic E-state index is 12.5. The molecular weight excluding hydrogens is 426 g/mol. The van der Waals surface area contributed by atoms with Crippen LogP contribution in [-0.2, 0) is 28.9 Å². The van der Waals surface area contributed by atoms with E-state index in [9.17, 15) is 25.2 Å². The highest BCUT2D eigenvalue weighted by Gasteiger charge is 2.34. The molecule has 2 aliphatic rings. The zero-order chi connectivity index (χ0) is 23.5. The number of aliphatic hydroxyl groups excluding tert-OH is 2. The van der Waals surface area contributed by atoms with Crippen LogP contribution in [-0.4, -0.2) is 92.8 Å². The fourth-order valence-corrected chi connectivity index (χ4v) is 4.97. The minimum Gasteiger partial charge on any atom is -0.494 e. The number of piperazine rings is 1. The third-order valence-corrected chi connectivity index (χ3v) is 6.85. The lowest BCUT2D eigenvalue weighted by atomic mass is 9.90. The summed E-state index contributed by atoms with van der Waals surface area (Å²) in [6, 6.07) is 9.25. The first kappa shape index (κ1) is 23.6. The van der Waals surface area contributed by atoms with Crippen molar-refractivity contribution in [1.29, 1.82) is 0 Å². The Morgan fingerprint density at radius 1 is 0.970 bits per heavy atom. The van der Waals surface area contributed by atoms with E-state index in [0.29, 0.717) is 17.7 Å². The Hall–Kier alpha value is -2.59. The van der Waals surface area contributed by atoms with E-state index in [2.05, 4.69) is 9.80 Å². The van der Waals surface area contributed by atoms with Crippen LogP contribution < -0.4 is 0 Å². The zero-order valence-corrected chi connectivity index (χ0v) is 18.9. The molecule has 0 amide bonds. The second kappa shape index (κ2) is 10.1. The highest BCUT2D eigenvalue weighted by atomic mass is 16.5. The van der Waals surface area contributed by atoms with Gasteiger partial charge in [0.05, 0.1) is 19.3 Å². The number of hydrogen-bond acceptors (Lipinski definition) is 8. The molecule has 1 aliphatic heterocycles. The van der Waals surface area contributed by atoms with E-state index >= 15 is 0 Å². The van der Waals surface area contributed by atoms with Crippen molar-refractivity contribution in [3.8, 4) is 11.8 Å². The Bertz CT molecular complexity index is 921. The number of carbonyl (C=O) groups is 1. The Labute approximate surface area is 193 Å². The number of ether oxygens (including phenoxy) is 1. The first-order valence-corrected chi connectivity index (χ1v) is 11.5. The van der Waals surface area contributed by atoms with Crippen LogP contribution in [0.3, 0.4) is 0 Å². The molecule has 1 aromatic carbocycles. The van der Waals surface area contributed by atoms with Gasteiger partial charge in [0, 0.05) is 56.7 Å². The number of fused-ring (bicyclic) bond motifs is 1. The van der Waals surface area contributed by atoms with E-state index < -0.39 is 18.2 Å². The van der Waals surface area contributed by atoms with E-state index in [0.717, 1.165) is 44.7 Å². The molecule has 0 saturated carbocycles. The number of aromatic nitrogens is 1. The molecule has 4 rings (SSSR count). The van der Waals surface area contributed by atoms with Crippen LogP contribution in [0.5, 0.6) is 11.8 Å². The van der Waals surface area contributed by atoms with Crippen LogP contribution in [0.25, 0.3) is 0 Å². The lowest BCUT2D eigenvalue weighted by Gasteiger charge is -2.38. The molecule has 2 heterocycles. The number of esters is 1. The summed E-state index contributed by atoms with van der Waals surface area (Å²) in [5, 5.41) is 40.8. The number of aromatic hydroxyl groups is 2. The largest absolute Gasteiger partial charge is 0.494 e. The number of benzene rings is 1. The van der Waals surface area contributed by atoms with Crippen LogP contribution in [0.2, 0.25) is 0 Å². The van der Waals surface area contributed by atoms with Gasteiger partial charge >= 0.3 is 5.97 Å². The minimum absolute atomic E-state index is 0.0259. The summed E-state index contributed by atoms with van der Waals surface area (Å²) in [5.74, 6) is -0.309. The maximum Gasteiger partial charge on any atom is 0.327 e. The Kier molecular flexibility index (Phi) is 7.23. The van der Waals surface area contributed by atoms with Gasteiger partial charge in [0.2, 0.25) is 0 Å². The van der Waals surface area contributed by atoms with Gasteiger partial charge in [0.15, 0.2) is 11.8 Å². The lowest BCUT2D eigenvalue weighted by Crippen LogP contribution is -2.49. The number of nitrogens with zero attached hydrogens (tertiary/aromatic N) is 3. The number of aliphatic hydroxyl groups is 2. The predicted octanol–water partition coefficient (Wildman–Crippen LogP) is 0.642. The molecule has 1 saturated heterocycles. The van der Waals surface area contributed by atoms with Gasteiger partial charge in [-0.3, -0.25) is 9.47 Å². The van der Waals surface area contributed by atoms with E-state index in [1.165, 1.54) is 11.7 Å². The fraction of sp³-hybridized carbons (Fsp3) is 0.542. The van der Waals surface area contributed by atoms with Gasteiger partial charge in [-0.1, -0.05) is 30.3 Å². The molecule has 33 heavy (non-hydrogen) atoms. The Balaban J connectivity index is 1.32. The first-order valence-electron chi connectivity index (χ1n) is 11.5. The quantitative estimate of drug-likeness (QED) is 0.446. The third kappa shape index (κ3) is 4.86. The number of methoxy groups -OCH3 is 1. The topological polar surface area (TPSA) is 119 Å². The molecule has 1 fully saturated rings. The van der Waals surface area contributed by atoms with Gasteiger partial charge in [-0.15, -0.1) is 0 Å². The second-order valence-corrected chi connectivity index (χ2v) is 8.87. The van der Waals surface area contributed by atoms with Crippen molar-refractivity contribution in [1.82, 2.24) is 14.4 Å². The summed E-state index contributed by atoms with van der Waals surface area (Å²) in [7, 11) is 1.42. The minimum atomic E-state index is -0.931. The molecule has 9 nitrogen and oxygen atoms in total. The van der Waals surface area contributed by atoms with Gasteiger partial charge in [-0.2, -0.15) is 0 Å². The highest BCUT2D eigenvalue weighted by molar-refractivity contribution is 5.77. The smallest absolute Gasteiger partial charge is 0.327 e. The van der Waals surface area contributed by atoms with Gasteiger partial charge in [0.1, 0.15) is 6.04 Å².